The van der Waals surface area contributed by atoms with Gasteiger partial charge in [0.2, 0.25) is 0 Å². The number of ether oxygens (including phenoxy) is 3. The van der Waals surface area contributed by atoms with Gasteiger partial charge in [0.1, 0.15) is 12.4 Å². The number of carbonyl (C=O) groups is 1. The van der Waals surface area contributed by atoms with Gasteiger partial charge < -0.3 is 19.5 Å². The monoisotopic (exact) mass is 357 g/mol. The van der Waals surface area contributed by atoms with Gasteiger partial charge in [-0.15, -0.1) is 0 Å². The van der Waals surface area contributed by atoms with Gasteiger partial charge in [0.25, 0.3) is 5.91 Å². The van der Waals surface area contributed by atoms with E-state index in [-0.39, 0.29) is 12.0 Å². The van der Waals surface area contributed by atoms with Crippen molar-refractivity contribution in [3.63, 3.8) is 0 Å². The van der Waals surface area contributed by atoms with Gasteiger partial charge in [-0.3, -0.25) is 4.79 Å². The maximum Gasteiger partial charge on any atom is 0.251 e. The summed E-state index contributed by atoms with van der Waals surface area (Å²) >= 11 is 3.41. The fourth-order valence-corrected chi connectivity index (χ4v) is 2.60. The molecule has 0 aliphatic carbocycles. The number of amides is 1. The number of halogens is 1. The molecule has 1 N–H and O–H groups in total. The first-order chi connectivity index (χ1) is 10.2. The Labute approximate surface area is 133 Å². The van der Waals surface area contributed by atoms with Crippen LogP contribution in [0.3, 0.4) is 0 Å². The van der Waals surface area contributed by atoms with Crippen LogP contribution in [-0.4, -0.2) is 45.5 Å². The minimum Gasteiger partial charge on any atom is -0.490 e. The summed E-state index contributed by atoms with van der Waals surface area (Å²) in [6.45, 7) is 2.35. The van der Waals surface area contributed by atoms with Crippen LogP contribution in [0.15, 0.2) is 22.7 Å². The van der Waals surface area contributed by atoms with Gasteiger partial charge in [0.15, 0.2) is 0 Å². The molecule has 0 spiro atoms. The fraction of sp³-hybridized carbons (Fsp3) is 0.533. The summed E-state index contributed by atoms with van der Waals surface area (Å²) in [4.78, 5) is 12.1. The van der Waals surface area contributed by atoms with E-state index in [9.17, 15) is 4.79 Å². The van der Waals surface area contributed by atoms with E-state index in [0.29, 0.717) is 31.1 Å². The Balaban J connectivity index is 1.87. The van der Waals surface area contributed by atoms with Gasteiger partial charge in [0.05, 0.1) is 17.2 Å². The third-order valence-corrected chi connectivity index (χ3v) is 3.87. The second-order valence-corrected chi connectivity index (χ2v) is 5.69. The summed E-state index contributed by atoms with van der Waals surface area (Å²) in [6, 6.07) is 5.28. The molecule has 1 amide bonds. The number of rotatable bonds is 7. The van der Waals surface area contributed by atoms with Crippen LogP contribution >= 0.6 is 15.9 Å². The summed E-state index contributed by atoms with van der Waals surface area (Å²) in [5.74, 6) is 0.595. The molecule has 1 saturated heterocycles. The van der Waals surface area contributed by atoms with Crippen LogP contribution in [0.2, 0.25) is 0 Å². The highest BCUT2D eigenvalue weighted by Gasteiger charge is 2.17. The van der Waals surface area contributed by atoms with Gasteiger partial charge in [-0.05, 0) is 47.0 Å². The normalized spacial score (nSPS) is 17.7. The van der Waals surface area contributed by atoms with Crippen LogP contribution in [0.5, 0.6) is 5.75 Å². The Morgan fingerprint density at radius 3 is 3.00 bits per heavy atom. The lowest BCUT2D eigenvalue weighted by molar-refractivity contribution is 0.0857. The van der Waals surface area contributed by atoms with Crippen molar-refractivity contribution in [2.45, 2.75) is 18.9 Å². The Morgan fingerprint density at radius 1 is 1.48 bits per heavy atom. The Hall–Kier alpha value is -1.11. The number of carbonyl (C=O) groups excluding carboxylic acids is 1. The molecular weight excluding hydrogens is 338 g/mol. The smallest absolute Gasteiger partial charge is 0.251 e. The lowest BCUT2D eigenvalue weighted by Crippen LogP contribution is -2.31. The number of benzene rings is 1. The SMILES string of the molecule is COCCOc1ccc(C(=O)NC[C@@H]2CCCO2)cc1Br. The Bertz CT molecular complexity index is 475. The molecule has 1 aromatic rings. The summed E-state index contributed by atoms with van der Waals surface area (Å²) in [5.41, 5.74) is 0.596. The molecule has 1 fully saturated rings. The molecule has 1 atom stereocenters. The number of hydrogen-bond donors (Lipinski definition) is 1. The van der Waals surface area contributed by atoms with Crippen molar-refractivity contribution < 1.29 is 19.0 Å². The molecule has 1 heterocycles. The first kappa shape index (κ1) is 16.3. The van der Waals surface area contributed by atoms with Crippen LogP contribution in [-0.2, 0) is 9.47 Å². The molecule has 0 aromatic heterocycles. The van der Waals surface area contributed by atoms with E-state index in [1.807, 2.05) is 0 Å². The van der Waals surface area contributed by atoms with Crippen molar-refractivity contribution >= 4 is 21.8 Å². The molecule has 1 aliphatic rings. The van der Waals surface area contributed by atoms with E-state index < -0.39 is 0 Å². The average Bonchev–Trinajstić information content (AvgIpc) is 3.00. The minimum atomic E-state index is -0.102. The maximum atomic E-state index is 12.1. The highest BCUT2D eigenvalue weighted by Crippen LogP contribution is 2.26. The van der Waals surface area contributed by atoms with E-state index in [0.717, 1.165) is 23.9 Å². The van der Waals surface area contributed by atoms with E-state index in [1.54, 1.807) is 25.3 Å². The number of nitrogens with one attached hydrogen (secondary N) is 1. The van der Waals surface area contributed by atoms with Crippen molar-refractivity contribution in [1.82, 2.24) is 5.32 Å². The molecule has 0 bridgehead atoms. The molecule has 1 aromatic carbocycles. The molecule has 0 saturated carbocycles. The summed E-state index contributed by atoms with van der Waals surface area (Å²) in [6.07, 6.45) is 2.23. The van der Waals surface area contributed by atoms with Crippen LogP contribution in [0.1, 0.15) is 23.2 Å². The van der Waals surface area contributed by atoms with Crippen LogP contribution < -0.4 is 10.1 Å². The third-order valence-electron chi connectivity index (χ3n) is 3.25. The molecule has 2 rings (SSSR count). The minimum absolute atomic E-state index is 0.102. The summed E-state index contributed by atoms with van der Waals surface area (Å²) in [7, 11) is 1.62. The predicted octanol–water partition coefficient (Wildman–Crippen LogP) is 2.38. The predicted molar refractivity (Wildman–Crippen MR) is 82.8 cm³/mol. The zero-order valence-electron chi connectivity index (χ0n) is 12.1. The average molecular weight is 358 g/mol. The zero-order chi connectivity index (χ0) is 15.1. The Morgan fingerprint density at radius 2 is 2.33 bits per heavy atom. The van der Waals surface area contributed by atoms with E-state index in [1.165, 1.54) is 0 Å². The lowest BCUT2D eigenvalue weighted by Gasteiger charge is -2.12. The molecule has 0 unspecified atom stereocenters. The topological polar surface area (TPSA) is 56.8 Å². The van der Waals surface area contributed by atoms with Crippen molar-refractivity contribution in [3.8, 4) is 5.75 Å². The van der Waals surface area contributed by atoms with Gasteiger partial charge in [-0.25, -0.2) is 0 Å². The van der Waals surface area contributed by atoms with Gasteiger partial charge in [-0.1, -0.05) is 0 Å². The van der Waals surface area contributed by atoms with Crippen LogP contribution in [0.25, 0.3) is 0 Å². The van der Waals surface area contributed by atoms with Gasteiger partial charge >= 0.3 is 0 Å². The van der Waals surface area contributed by atoms with Crippen LogP contribution in [0.4, 0.5) is 0 Å². The fourth-order valence-electron chi connectivity index (χ4n) is 2.11. The molecule has 21 heavy (non-hydrogen) atoms. The number of methoxy groups -OCH3 is 1. The van der Waals surface area contributed by atoms with Crippen molar-refractivity contribution in [2.75, 3.05) is 33.5 Å². The largest absolute Gasteiger partial charge is 0.490 e. The first-order valence-corrected chi connectivity index (χ1v) is 7.81. The second-order valence-electron chi connectivity index (χ2n) is 4.83. The van der Waals surface area contributed by atoms with E-state index >= 15 is 0 Å². The van der Waals surface area contributed by atoms with Crippen molar-refractivity contribution in [2.24, 2.45) is 0 Å². The van der Waals surface area contributed by atoms with Gasteiger partial charge in [-0.2, -0.15) is 0 Å². The van der Waals surface area contributed by atoms with Crippen molar-refractivity contribution in [1.29, 1.82) is 0 Å². The molecule has 116 valence electrons. The summed E-state index contributed by atoms with van der Waals surface area (Å²) < 4.78 is 16.7. The van der Waals surface area contributed by atoms with Gasteiger partial charge in [0, 0.05) is 25.8 Å². The molecular formula is C15H20BrNO4. The third kappa shape index (κ3) is 4.98. The van der Waals surface area contributed by atoms with Crippen LogP contribution in [0, 0.1) is 0 Å². The number of hydrogen-bond acceptors (Lipinski definition) is 4. The van der Waals surface area contributed by atoms with Crippen molar-refractivity contribution in [3.05, 3.63) is 28.2 Å². The molecule has 6 heteroatoms. The standard InChI is InChI=1S/C15H20BrNO4/c1-19-7-8-21-14-5-4-11(9-13(14)16)15(18)17-10-12-3-2-6-20-12/h4-5,9,12H,2-3,6-8,10H2,1H3,(H,17,18)/t12-/m0/s1. The Kier molecular flexibility index (Phi) is 6.48. The second kappa shape index (κ2) is 8.36. The first-order valence-electron chi connectivity index (χ1n) is 7.02. The quantitative estimate of drug-likeness (QED) is 0.761. The highest BCUT2D eigenvalue weighted by molar-refractivity contribution is 9.10. The molecule has 1 aliphatic heterocycles. The lowest BCUT2D eigenvalue weighted by atomic mass is 10.2. The zero-order valence-corrected chi connectivity index (χ0v) is 13.6. The molecule has 0 radical (unpaired) electrons. The summed E-state index contributed by atoms with van der Waals surface area (Å²) in [5, 5.41) is 2.89. The maximum absolute atomic E-state index is 12.1. The highest BCUT2D eigenvalue weighted by atomic mass is 79.9. The molecule has 5 nitrogen and oxygen atoms in total. The van der Waals surface area contributed by atoms with E-state index in [4.69, 9.17) is 14.2 Å². The van der Waals surface area contributed by atoms with E-state index in [2.05, 4.69) is 21.2 Å².